The van der Waals surface area contributed by atoms with Crippen LogP contribution < -0.4 is 0 Å². The van der Waals surface area contributed by atoms with E-state index in [2.05, 4.69) is 33.2 Å². The number of H-pyrrole nitrogens is 1. The van der Waals surface area contributed by atoms with Crippen LogP contribution in [0.25, 0.3) is 22.5 Å². The quantitative estimate of drug-likeness (QED) is 0.722. The number of benzene rings is 1. The molecule has 0 spiro atoms. The van der Waals surface area contributed by atoms with Gasteiger partial charge in [0.1, 0.15) is 0 Å². The van der Waals surface area contributed by atoms with Crippen molar-refractivity contribution in [2.75, 3.05) is 0 Å². The third kappa shape index (κ3) is 1.95. The van der Waals surface area contributed by atoms with Crippen LogP contribution in [0.4, 0.5) is 0 Å². The highest BCUT2D eigenvalue weighted by atomic mass is 14.9. The molecule has 17 heavy (non-hydrogen) atoms. The maximum absolute atomic E-state index is 4.39. The van der Waals surface area contributed by atoms with E-state index < -0.39 is 0 Å². The largest absolute Gasteiger partial charge is 0.345 e. The van der Waals surface area contributed by atoms with E-state index in [9.17, 15) is 0 Å². The summed E-state index contributed by atoms with van der Waals surface area (Å²) in [5.41, 5.74) is 4.19. The molecule has 3 rings (SSSR count). The predicted molar refractivity (Wildman–Crippen MR) is 67.3 cm³/mol. The van der Waals surface area contributed by atoms with Gasteiger partial charge in [-0.25, -0.2) is 4.98 Å². The van der Waals surface area contributed by atoms with Crippen molar-refractivity contribution < 1.29 is 0 Å². The highest BCUT2D eigenvalue weighted by Gasteiger charge is 2.02. The van der Waals surface area contributed by atoms with Crippen LogP contribution in [0.15, 0.2) is 61.2 Å². The van der Waals surface area contributed by atoms with E-state index in [1.54, 1.807) is 6.33 Å². The molecule has 1 N–H and O–H groups in total. The molecule has 1 aromatic carbocycles. The van der Waals surface area contributed by atoms with Crippen molar-refractivity contribution in [3.8, 4) is 22.5 Å². The molecule has 0 amide bonds. The first kappa shape index (κ1) is 9.78. The van der Waals surface area contributed by atoms with Crippen LogP contribution in [0, 0.1) is 0 Å². The molecule has 82 valence electrons. The summed E-state index contributed by atoms with van der Waals surface area (Å²) >= 11 is 0. The summed E-state index contributed by atoms with van der Waals surface area (Å²) in [6.45, 7) is 0. The summed E-state index contributed by atoms with van der Waals surface area (Å²) in [4.78, 5) is 11.5. The minimum absolute atomic E-state index is 0.970. The molecule has 0 bridgehead atoms. The Labute approximate surface area is 99.2 Å². The van der Waals surface area contributed by atoms with Gasteiger partial charge in [0.2, 0.25) is 0 Å². The number of hydrogen-bond donors (Lipinski definition) is 1. The van der Waals surface area contributed by atoms with E-state index in [1.807, 2.05) is 36.7 Å². The molecule has 0 saturated heterocycles. The lowest BCUT2D eigenvalue weighted by atomic mass is 10.1. The van der Waals surface area contributed by atoms with E-state index >= 15 is 0 Å². The lowest BCUT2D eigenvalue weighted by Gasteiger charge is -2.02. The Morgan fingerprint density at radius 1 is 0.941 bits per heavy atom. The predicted octanol–water partition coefficient (Wildman–Crippen LogP) is 3.14. The fraction of sp³-hybridized carbons (Fsp3) is 0. The Morgan fingerprint density at radius 3 is 2.59 bits per heavy atom. The average Bonchev–Trinajstić information content (AvgIpc) is 2.94. The Balaban J connectivity index is 2.06. The van der Waals surface area contributed by atoms with Gasteiger partial charge in [0.15, 0.2) is 0 Å². The molecule has 0 aliphatic carbocycles. The number of nitrogens with one attached hydrogen (secondary N) is 1. The molecular formula is C14H11N3. The van der Waals surface area contributed by atoms with Crippen LogP contribution in [-0.4, -0.2) is 15.0 Å². The zero-order valence-corrected chi connectivity index (χ0v) is 9.17. The summed E-state index contributed by atoms with van der Waals surface area (Å²) in [6, 6.07) is 14.2. The monoisotopic (exact) mass is 221 g/mol. The first-order valence-corrected chi connectivity index (χ1v) is 5.44. The summed E-state index contributed by atoms with van der Waals surface area (Å²) in [5, 5.41) is 0. The van der Waals surface area contributed by atoms with Crippen molar-refractivity contribution in [2.24, 2.45) is 0 Å². The van der Waals surface area contributed by atoms with Gasteiger partial charge in [0.05, 0.1) is 23.9 Å². The topological polar surface area (TPSA) is 41.6 Å². The zero-order chi connectivity index (χ0) is 11.5. The number of hydrogen-bond acceptors (Lipinski definition) is 2. The number of rotatable bonds is 2. The lowest BCUT2D eigenvalue weighted by Crippen LogP contribution is -1.84. The van der Waals surface area contributed by atoms with Gasteiger partial charge in [-0.15, -0.1) is 0 Å². The summed E-state index contributed by atoms with van der Waals surface area (Å²) < 4.78 is 0. The molecule has 0 fully saturated rings. The SMILES string of the molecule is c1ccc(-c2cc(-c3cnc[nH]3)ccn2)cc1. The van der Waals surface area contributed by atoms with Crippen LogP contribution >= 0.6 is 0 Å². The third-order valence-electron chi connectivity index (χ3n) is 2.64. The Morgan fingerprint density at radius 2 is 1.82 bits per heavy atom. The average molecular weight is 221 g/mol. The molecule has 3 heteroatoms. The molecule has 3 nitrogen and oxygen atoms in total. The van der Waals surface area contributed by atoms with E-state index in [0.717, 1.165) is 22.5 Å². The minimum Gasteiger partial charge on any atom is -0.345 e. The highest BCUT2D eigenvalue weighted by Crippen LogP contribution is 2.22. The van der Waals surface area contributed by atoms with Gasteiger partial charge in [-0.2, -0.15) is 0 Å². The summed E-state index contributed by atoms with van der Waals surface area (Å²) in [6.07, 6.45) is 5.31. The van der Waals surface area contributed by atoms with Crippen LogP contribution in [0.2, 0.25) is 0 Å². The maximum atomic E-state index is 4.39. The Kier molecular flexibility index (Phi) is 2.43. The highest BCUT2D eigenvalue weighted by molar-refractivity contribution is 5.67. The number of pyridine rings is 1. The molecule has 0 radical (unpaired) electrons. The normalized spacial score (nSPS) is 10.4. The van der Waals surface area contributed by atoms with E-state index in [1.165, 1.54) is 0 Å². The third-order valence-corrected chi connectivity index (χ3v) is 2.64. The second kappa shape index (κ2) is 4.22. The second-order valence-corrected chi connectivity index (χ2v) is 3.76. The number of imidazole rings is 1. The molecule has 0 saturated carbocycles. The smallest absolute Gasteiger partial charge is 0.0924 e. The molecular weight excluding hydrogens is 210 g/mol. The molecule has 0 aliphatic rings. The number of aromatic amines is 1. The lowest BCUT2D eigenvalue weighted by molar-refractivity contribution is 1.30. The van der Waals surface area contributed by atoms with Gasteiger partial charge in [-0.1, -0.05) is 30.3 Å². The molecule has 0 atom stereocenters. The van der Waals surface area contributed by atoms with Crippen molar-refractivity contribution in [3.05, 3.63) is 61.2 Å². The van der Waals surface area contributed by atoms with Crippen molar-refractivity contribution in [1.82, 2.24) is 15.0 Å². The van der Waals surface area contributed by atoms with Crippen LogP contribution in [0.3, 0.4) is 0 Å². The minimum atomic E-state index is 0.970. The van der Waals surface area contributed by atoms with Gasteiger partial charge >= 0.3 is 0 Å². The summed E-state index contributed by atoms with van der Waals surface area (Å²) in [5.74, 6) is 0. The fourth-order valence-corrected chi connectivity index (χ4v) is 1.78. The van der Waals surface area contributed by atoms with E-state index in [4.69, 9.17) is 0 Å². The van der Waals surface area contributed by atoms with Gasteiger partial charge in [-0.3, -0.25) is 4.98 Å². The summed E-state index contributed by atoms with van der Waals surface area (Å²) in [7, 11) is 0. The molecule has 0 aliphatic heterocycles. The van der Waals surface area contributed by atoms with Gasteiger partial charge in [-0.05, 0) is 12.1 Å². The van der Waals surface area contributed by atoms with Gasteiger partial charge in [0, 0.05) is 17.3 Å². The molecule has 2 heterocycles. The van der Waals surface area contributed by atoms with Gasteiger partial charge in [0.25, 0.3) is 0 Å². The number of aromatic nitrogens is 3. The van der Waals surface area contributed by atoms with Crippen molar-refractivity contribution in [2.45, 2.75) is 0 Å². The Hall–Kier alpha value is -2.42. The van der Waals surface area contributed by atoms with Gasteiger partial charge < -0.3 is 4.98 Å². The zero-order valence-electron chi connectivity index (χ0n) is 9.17. The molecule has 3 aromatic rings. The first-order valence-electron chi connectivity index (χ1n) is 5.44. The van der Waals surface area contributed by atoms with E-state index in [0.29, 0.717) is 0 Å². The van der Waals surface area contributed by atoms with Crippen molar-refractivity contribution in [3.63, 3.8) is 0 Å². The molecule has 0 unspecified atom stereocenters. The van der Waals surface area contributed by atoms with Crippen molar-refractivity contribution in [1.29, 1.82) is 0 Å². The maximum Gasteiger partial charge on any atom is 0.0924 e. The van der Waals surface area contributed by atoms with Crippen LogP contribution in [0.1, 0.15) is 0 Å². The van der Waals surface area contributed by atoms with E-state index in [-0.39, 0.29) is 0 Å². The number of nitrogens with zero attached hydrogens (tertiary/aromatic N) is 2. The van der Waals surface area contributed by atoms with Crippen LogP contribution in [0.5, 0.6) is 0 Å². The Bertz CT molecular complexity index is 600. The van der Waals surface area contributed by atoms with Crippen LogP contribution in [-0.2, 0) is 0 Å². The second-order valence-electron chi connectivity index (χ2n) is 3.76. The first-order chi connectivity index (χ1) is 8.43. The van der Waals surface area contributed by atoms with Crippen molar-refractivity contribution >= 4 is 0 Å². The standard InChI is InChI=1S/C14H11N3/c1-2-4-11(5-3-1)13-8-12(6-7-16-13)14-9-15-10-17-14/h1-10H,(H,15,17). The fourth-order valence-electron chi connectivity index (χ4n) is 1.78. The molecule has 2 aromatic heterocycles.